The molecule has 5 heteroatoms. The lowest BCUT2D eigenvalue weighted by Gasteiger charge is -2.39. The van der Waals surface area contributed by atoms with E-state index in [9.17, 15) is 5.11 Å². The molecule has 0 fully saturated rings. The highest BCUT2D eigenvalue weighted by atomic mass is 16.7. The minimum Gasteiger partial charge on any atom is -0.384 e. The fourth-order valence-electron chi connectivity index (χ4n) is 3.53. The summed E-state index contributed by atoms with van der Waals surface area (Å²) in [6, 6.07) is 29.5. The average molecular weight is 393 g/mol. The first-order chi connectivity index (χ1) is 14.1. The van der Waals surface area contributed by atoms with Crippen LogP contribution >= 0.6 is 0 Å². The van der Waals surface area contributed by atoms with E-state index >= 15 is 0 Å². The number of hydrogen-bond donors (Lipinski definition) is 2. The van der Waals surface area contributed by atoms with E-state index in [1.165, 1.54) is 14.2 Å². The first-order valence-corrected chi connectivity index (χ1v) is 9.47. The van der Waals surface area contributed by atoms with Crippen molar-refractivity contribution in [1.29, 1.82) is 0 Å². The second-order valence-electron chi connectivity index (χ2n) is 6.69. The number of aliphatic hydroxyl groups excluding tert-OH is 1. The quantitative estimate of drug-likeness (QED) is 0.431. The maximum Gasteiger partial charge on any atom is 0.186 e. The molecule has 0 radical (unpaired) electrons. The van der Waals surface area contributed by atoms with Crippen LogP contribution in [-0.2, 0) is 19.8 Å². The van der Waals surface area contributed by atoms with Gasteiger partial charge in [-0.3, -0.25) is 0 Å². The molecule has 5 nitrogen and oxygen atoms in total. The van der Waals surface area contributed by atoms with Gasteiger partial charge in [0.2, 0.25) is 0 Å². The number of rotatable bonds is 9. The van der Waals surface area contributed by atoms with E-state index in [-0.39, 0.29) is 0 Å². The van der Waals surface area contributed by atoms with E-state index in [0.717, 1.165) is 16.7 Å². The molecular formula is C24H27NO4. The first kappa shape index (κ1) is 21.2. The van der Waals surface area contributed by atoms with Gasteiger partial charge in [0.05, 0.1) is 0 Å². The van der Waals surface area contributed by atoms with Crippen LogP contribution in [0.5, 0.6) is 0 Å². The molecule has 0 aliphatic carbocycles. The lowest BCUT2D eigenvalue weighted by molar-refractivity contribution is -0.211. The molecule has 0 aliphatic rings. The third-order valence-electron chi connectivity index (χ3n) is 4.93. The van der Waals surface area contributed by atoms with Gasteiger partial charge < -0.3 is 25.1 Å². The van der Waals surface area contributed by atoms with Gasteiger partial charge in [-0.15, -0.1) is 0 Å². The molecule has 0 heterocycles. The van der Waals surface area contributed by atoms with Gasteiger partial charge in [0.15, 0.2) is 6.29 Å². The molecular weight excluding hydrogens is 366 g/mol. The minimum atomic E-state index is -1.19. The fraction of sp³-hybridized carbons (Fsp3) is 0.250. The van der Waals surface area contributed by atoms with Crippen molar-refractivity contribution in [3.8, 4) is 0 Å². The molecule has 3 aromatic carbocycles. The smallest absolute Gasteiger partial charge is 0.186 e. The monoisotopic (exact) mass is 393 g/mol. The summed E-state index contributed by atoms with van der Waals surface area (Å²) in [7, 11) is 2.89. The van der Waals surface area contributed by atoms with Crippen LogP contribution in [-0.4, -0.2) is 37.9 Å². The summed E-state index contributed by atoms with van der Waals surface area (Å²) < 4.78 is 16.9. The van der Waals surface area contributed by atoms with E-state index in [1.807, 2.05) is 91.0 Å². The molecule has 0 saturated carbocycles. The fourth-order valence-corrected chi connectivity index (χ4v) is 3.53. The molecule has 0 aliphatic heterocycles. The third kappa shape index (κ3) is 4.40. The summed E-state index contributed by atoms with van der Waals surface area (Å²) in [5.41, 5.74) is 7.99. The van der Waals surface area contributed by atoms with Gasteiger partial charge >= 0.3 is 0 Å². The zero-order valence-corrected chi connectivity index (χ0v) is 16.6. The number of benzene rings is 3. The summed E-state index contributed by atoms with van der Waals surface area (Å²) in [6.45, 7) is 0. The van der Waals surface area contributed by atoms with Gasteiger partial charge in [-0.05, 0) is 16.7 Å². The van der Waals surface area contributed by atoms with Crippen LogP contribution in [0.15, 0.2) is 91.0 Å². The number of nitrogens with two attached hydrogens (primary N) is 1. The molecule has 0 aromatic heterocycles. The van der Waals surface area contributed by atoms with E-state index in [4.69, 9.17) is 19.9 Å². The SMILES string of the molecule is COC(OC)[C@H](O)[C@H](N)OC(c1ccccc1)(c1ccccc1)c1ccccc1. The molecule has 0 bridgehead atoms. The third-order valence-corrected chi connectivity index (χ3v) is 4.93. The van der Waals surface area contributed by atoms with Gasteiger partial charge in [0.25, 0.3) is 0 Å². The Balaban J connectivity index is 2.17. The summed E-state index contributed by atoms with van der Waals surface area (Å²) >= 11 is 0. The van der Waals surface area contributed by atoms with Gasteiger partial charge in [0.1, 0.15) is 17.9 Å². The second-order valence-corrected chi connectivity index (χ2v) is 6.69. The van der Waals surface area contributed by atoms with E-state index < -0.39 is 24.2 Å². The molecule has 29 heavy (non-hydrogen) atoms. The van der Waals surface area contributed by atoms with Gasteiger partial charge in [0, 0.05) is 14.2 Å². The van der Waals surface area contributed by atoms with Crippen molar-refractivity contribution in [2.24, 2.45) is 5.73 Å². The molecule has 3 rings (SSSR count). The van der Waals surface area contributed by atoms with Gasteiger partial charge in [-0.25, -0.2) is 0 Å². The highest BCUT2D eigenvalue weighted by molar-refractivity contribution is 5.47. The van der Waals surface area contributed by atoms with Crippen molar-refractivity contribution < 1.29 is 19.3 Å². The van der Waals surface area contributed by atoms with Crippen LogP contribution in [0.3, 0.4) is 0 Å². The number of ether oxygens (including phenoxy) is 3. The Labute approximate surface area is 171 Å². The second kappa shape index (κ2) is 9.78. The number of methoxy groups -OCH3 is 2. The topological polar surface area (TPSA) is 73.9 Å². The van der Waals surface area contributed by atoms with Gasteiger partial charge in [-0.2, -0.15) is 0 Å². The molecule has 0 unspecified atom stereocenters. The molecule has 152 valence electrons. The van der Waals surface area contributed by atoms with E-state index in [2.05, 4.69) is 0 Å². The summed E-state index contributed by atoms with van der Waals surface area (Å²) in [5, 5.41) is 10.7. The van der Waals surface area contributed by atoms with Crippen LogP contribution in [0.4, 0.5) is 0 Å². The average Bonchev–Trinajstić information content (AvgIpc) is 2.80. The number of aliphatic hydroxyl groups is 1. The lowest BCUT2D eigenvalue weighted by atomic mass is 9.80. The predicted molar refractivity (Wildman–Crippen MR) is 112 cm³/mol. The maximum absolute atomic E-state index is 10.7. The van der Waals surface area contributed by atoms with Crippen molar-refractivity contribution in [3.05, 3.63) is 108 Å². The van der Waals surface area contributed by atoms with E-state index in [1.54, 1.807) is 0 Å². The Bertz CT molecular complexity index is 757. The van der Waals surface area contributed by atoms with Crippen molar-refractivity contribution in [3.63, 3.8) is 0 Å². The Morgan fingerprint density at radius 3 is 1.34 bits per heavy atom. The van der Waals surface area contributed by atoms with Gasteiger partial charge in [-0.1, -0.05) is 91.0 Å². The highest BCUT2D eigenvalue weighted by Crippen LogP contribution is 2.41. The largest absolute Gasteiger partial charge is 0.384 e. The standard InChI is InChI=1S/C24H27NO4/c1-27-23(28-2)21(26)22(25)29-24(18-12-6-3-7-13-18,19-14-8-4-9-15-19)20-16-10-5-11-17-20/h3-17,21-23,26H,25H2,1-2H3/t21-,22-/m1/s1. The van der Waals surface area contributed by atoms with Crippen LogP contribution in [0.2, 0.25) is 0 Å². The zero-order valence-electron chi connectivity index (χ0n) is 16.6. The summed E-state index contributed by atoms with van der Waals surface area (Å²) in [4.78, 5) is 0. The van der Waals surface area contributed by atoms with Crippen LogP contribution in [0, 0.1) is 0 Å². The predicted octanol–water partition coefficient (Wildman–Crippen LogP) is 3.26. The Kier molecular flexibility index (Phi) is 7.14. The van der Waals surface area contributed by atoms with Crippen molar-refractivity contribution in [2.75, 3.05) is 14.2 Å². The van der Waals surface area contributed by atoms with Crippen molar-refractivity contribution in [2.45, 2.75) is 24.2 Å². The minimum absolute atomic E-state index is 0.895. The lowest BCUT2D eigenvalue weighted by Crippen LogP contribution is -2.51. The Morgan fingerprint density at radius 2 is 1.03 bits per heavy atom. The van der Waals surface area contributed by atoms with Crippen LogP contribution in [0.25, 0.3) is 0 Å². The molecule has 0 saturated heterocycles. The van der Waals surface area contributed by atoms with Crippen LogP contribution < -0.4 is 5.73 Å². The van der Waals surface area contributed by atoms with E-state index in [0.29, 0.717) is 0 Å². The summed E-state index contributed by atoms with van der Waals surface area (Å²) in [5.74, 6) is 0. The highest BCUT2D eigenvalue weighted by Gasteiger charge is 2.41. The Hall–Kier alpha value is -2.54. The normalized spacial score (nSPS) is 14.0. The zero-order chi connectivity index (χ0) is 20.7. The molecule has 0 spiro atoms. The molecule has 3 aromatic rings. The molecule has 2 atom stereocenters. The van der Waals surface area contributed by atoms with Crippen molar-refractivity contribution >= 4 is 0 Å². The van der Waals surface area contributed by atoms with Crippen molar-refractivity contribution in [1.82, 2.24) is 0 Å². The van der Waals surface area contributed by atoms with Crippen LogP contribution in [0.1, 0.15) is 16.7 Å². The first-order valence-electron chi connectivity index (χ1n) is 9.47. The number of hydrogen-bond acceptors (Lipinski definition) is 5. The molecule has 0 amide bonds. The summed E-state index contributed by atoms with van der Waals surface area (Å²) in [6.07, 6.45) is -3.19. The Morgan fingerprint density at radius 1 is 0.690 bits per heavy atom. The molecule has 3 N–H and O–H groups in total. The maximum atomic E-state index is 10.7.